The van der Waals surface area contributed by atoms with Crippen molar-refractivity contribution in [3.63, 3.8) is 0 Å². The first kappa shape index (κ1) is 68.6. The van der Waals surface area contributed by atoms with E-state index in [0.717, 1.165) is 0 Å². The summed E-state index contributed by atoms with van der Waals surface area (Å²) in [7, 11) is -55.1. The molecule has 1 saturated heterocycles. The maximum absolute atomic E-state index is 14.4. The van der Waals surface area contributed by atoms with Crippen LogP contribution in [0.4, 0.5) is 158 Å². The Kier molecular flexibility index (Phi) is 20.1. The molecule has 0 amide bonds. The molecule has 72 heavy (non-hydrogen) atoms. The summed E-state index contributed by atoms with van der Waals surface area (Å²) < 4.78 is 542. The molecule has 6 nitrogen and oxygen atoms in total. The fourth-order valence-electron chi connectivity index (χ4n) is 7.06. The first-order valence-corrected chi connectivity index (χ1v) is 31.1. The van der Waals surface area contributed by atoms with Gasteiger partial charge in [0.2, 0.25) is 0 Å². The standard InChI is InChI=1S/C24H24F36O6Si6/c25-13(26,27)1-67(2-14(28,29)30)61-68(3-15(31,32)33,4-16(34,35)36)63-70(7-19(43,44)45,8-20(46,47)48)65-72(11-23(55,56)57,12-24(58,59)60)66-71(9-21(49,50)51,10-22(52,53)54)64-69(62-67,5-17(37,38)39)6-18(40,41)42/h1-12H2. The van der Waals surface area contributed by atoms with Crippen LogP contribution in [0.25, 0.3) is 0 Å². The Bertz CT molecular complexity index is 1300. The van der Waals surface area contributed by atoms with Crippen LogP contribution >= 0.6 is 0 Å². The summed E-state index contributed by atoms with van der Waals surface area (Å²) >= 11 is 0. The highest BCUT2D eigenvalue weighted by Crippen LogP contribution is 2.56. The van der Waals surface area contributed by atoms with Crippen molar-refractivity contribution >= 4 is 51.4 Å². The van der Waals surface area contributed by atoms with Gasteiger partial charge in [-0.25, -0.2) is 0 Å². The van der Waals surface area contributed by atoms with Crippen LogP contribution in [0.15, 0.2) is 0 Å². The second-order valence-corrected chi connectivity index (χ2v) is 35.6. The molecular weight excluding hydrogens is 1240 g/mol. The minimum Gasteiger partial charge on any atom is -0.415 e. The van der Waals surface area contributed by atoms with E-state index in [1.54, 1.807) is 0 Å². The zero-order valence-electron chi connectivity index (χ0n) is 33.5. The molecule has 0 spiro atoms. The van der Waals surface area contributed by atoms with Gasteiger partial charge in [-0.2, -0.15) is 158 Å². The fourth-order valence-corrected chi connectivity index (χ4v) is 41.6. The molecule has 432 valence electrons. The molecule has 0 bridgehead atoms. The molecule has 0 N–H and O–H groups in total. The van der Waals surface area contributed by atoms with Crippen LogP contribution in [0.3, 0.4) is 0 Å². The van der Waals surface area contributed by atoms with Gasteiger partial charge >= 0.3 is 125 Å². The van der Waals surface area contributed by atoms with Crippen molar-refractivity contribution in [1.29, 1.82) is 0 Å². The lowest BCUT2D eigenvalue weighted by Gasteiger charge is -2.53. The summed E-state index contributed by atoms with van der Waals surface area (Å²) in [6.07, 6.45) is -86.4. The van der Waals surface area contributed by atoms with Gasteiger partial charge in [-0.05, 0) is 0 Å². The predicted molar refractivity (Wildman–Crippen MR) is 171 cm³/mol. The van der Waals surface area contributed by atoms with Crippen molar-refractivity contribution < 1.29 is 183 Å². The Morgan fingerprint density at radius 3 is 0.236 bits per heavy atom. The third-order valence-electron chi connectivity index (χ3n) is 7.87. The average molecular weight is 1260 g/mol. The van der Waals surface area contributed by atoms with E-state index < -0.39 is 198 Å². The topological polar surface area (TPSA) is 55.4 Å². The largest absolute Gasteiger partial charge is 0.415 e. The van der Waals surface area contributed by atoms with Crippen LogP contribution < -0.4 is 0 Å². The Labute approximate surface area is 381 Å². The van der Waals surface area contributed by atoms with Gasteiger partial charge in [-0.15, -0.1) is 0 Å². The number of alkyl halides is 36. The van der Waals surface area contributed by atoms with Crippen molar-refractivity contribution in [3.05, 3.63) is 0 Å². The summed E-state index contributed by atoms with van der Waals surface area (Å²) in [5.41, 5.74) is 0. The zero-order valence-corrected chi connectivity index (χ0v) is 39.5. The maximum Gasteiger partial charge on any atom is 0.391 e. The average Bonchev–Trinajstić information content (AvgIpc) is 2.82. The lowest BCUT2D eigenvalue weighted by Crippen LogP contribution is -2.74. The predicted octanol–water partition coefficient (Wildman–Crippen LogP) is 15.5. The van der Waals surface area contributed by atoms with Gasteiger partial charge in [-0.3, -0.25) is 0 Å². The lowest BCUT2D eigenvalue weighted by molar-refractivity contribution is -0.132. The number of rotatable bonds is 12. The van der Waals surface area contributed by atoms with Gasteiger partial charge in [0.05, 0.1) is 72.5 Å². The normalized spacial score (nSPS) is 21.5. The van der Waals surface area contributed by atoms with E-state index in [1.165, 1.54) is 0 Å². The third-order valence-corrected chi connectivity index (χ3v) is 37.0. The summed E-state index contributed by atoms with van der Waals surface area (Å²) in [4.78, 5) is 0. The quantitative estimate of drug-likeness (QED) is 0.143. The van der Waals surface area contributed by atoms with Crippen molar-refractivity contribution in [2.45, 2.75) is 147 Å². The molecule has 0 aromatic carbocycles. The van der Waals surface area contributed by atoms with Crippen molar-refractivity contribution in [2.75, 3.05) is 0 Å². The minimum atomic E-state index is -9.19. The van der Waals surface area contributed by atoms with Gasteiger partial charge in [0.15, 0.2) is 0 Å². The van der Waals surface area contributed by atoms with E-state index in [4.69, 9.17) is 0 Å². The molecule has 1 aliphatic heterocycles. The highest BCUT2D eigenvalue weighted by molar-refractivity contribution is 6.96. The highest BCUT2D eigenvalue weighted by Gasteiger charge is 2.75. The first-order valence-electron chi connectivity index (χ1n) is 17.7. The van der Waals surface area contributed by atoms with Gasteiger partial charge in [0.25, 0.3) is 0 Å². The lowest BCUT2D eigenvalue weighted by atomic mass is 10.8. The van der Waals surface area contributed by atoms with Crippen LogP contribution in [0.5, 0.6) is 0 Å². The number of hydrogen-bond donors (Lipinski definition) is 0. The molecule has 0 aromatic rings. The van der Waals surface area contributed by atoms with E-state index in [-0.39, 0.29) is 0 Å². The molecule has 1 aliphatic rings. The molecule has 0 atom stereocenters. The summed E-state index contributed by atoms with van der Waals surface area (Å²) in [5, 5.41) is 0. The Morgan fingerprint density at radius 1 is 0.139 bits per heavy atom. The molecular formula is C24H24F36O6Si6. The van der Waals surface area contributed by atoms with Crippen LogP contribution in [-0.4, -0.2) is 125 Å². The second kappa shape index (κ2) is 21.1. The molecule has 0 radical (unpaired) electrons. The van der Waals surface area contributed by atoms with Gasteiger partial charge in [-0.1, -0.05) is 0 Å². The minimum absolute atomic E-state index is 3.81. The Hall–Kier alpha value is -1.46. The van der Waals surface area contributed by atoms with Crippen molar-refractivity contribution in [2.24, 2.45) is 0 Å². The van der Waals surface area contributed by atoms with E-state index in [0.29, 0.717) is 0 Å². The molecule has 48 heteroatoms. The first-order chi connectivity index (χ1) is 30.7. The van der Waals surface area contributed by atoms with Gasteiger partial charge in [0.1, 0.15) is 0 Å². The fraction of sp³-hybridized carbons (Fsp3) is 1.00. The summed E-state index contributed by atoms with van der Waals surface area (Å²) in [6.45, 7) is 0. The molecule has 1 fully saturated rings. The monoisotopic (exact) mass is 1260 g/mol. The summed E-state index contributed by atoms with van der Waals surface area (Å²) in [6, 6.07) is -54.3. The highest BCUT2D eigenvalue weighted by atomic mass is 28.5. The van der Waals surface area contributed by atoms with E-state index >= 15 is 0 Å². The molecule has 1 rings (SSSR count). The van der Waals surface area contributed by atoms with Crippen molar-refractivity contribution in [3.8, 4) is 0 Å². The Balaban J connectivity index is 5.76. The number of halogens is 36. The smallest absolute Gasteiger partial charge is 0.391 e. The third kappa shape index (κ3) is 27.5. The summed E-state index contributed by atoms with van der Waals surface area (Å²) in [5.74, 6) is 0. The van der Waals surface area contributed by atoms with E-state index in [1.807, 2.05) is 0 Å². The second-order valence-electron chi connectivity index (χ2n) is 15.6. The van der Waals surface area contributed by atoms with E-state index in [2.05, 4.69) is 24.7 Å². The Morgan fingerprint density at radius 2 is 0.194 bits per heavy atom. The molecule has 0 aliphatic carbocycles. The van der Waals surface area contributed by atoms with Crippen LogP contribution in [0.2, 0.25) is 72.5 Å². The van der Waals surface area contributed by atoms with Gasteiger partial charge in [0, 0.05) is 0 Å². The van der Waals surface area contributed by atoms with E-state index in [9.17, 15) is 158 Å². The molecule has 0 aromatic heterocycles. The van der Waals surface area contributed by atoms with Crippen LogP contribution in [-0.2, 0) is 24.7 Å². The van der Waals surface area contributed by atoms with Crippen LogP contribution in [0, 0.1) is 0 Å². The molecule has 0 unspecified atom stereocenters. The molecule has 0 saturated carbocycles. The molecule has 1 heterocycles. The zero-order chi connectivity index (χ0) is 57.7. The van der Waals surface area contributed by atoms with Crippen LogP contribution in [0.1, 0.15) is 0 Å². The SMILES string of the molecule is FC(F)(F)C[Si]1(CC(F)(F)F)O[Si](CC(F)(F)F)(CC(F)(F)F)O[Si](CC(F)(F)F)(CC(F)(F)F)O[Si](CC(F)(F)F)(CC(F)(F)F)O[Si](CC(F)(F)F)(CC(F)(F)F)O[Si](CC(F)(F)F)(CC(F)(F)F)O1. The van der Waals surface area contributed by atoms with Crippen molar-refractivity contribution in [1.82, 2.24) is 0 Å². The van der Waals surface area contributed by atoms with Gasteiger partial charge < -0.3 is 24.7 Å². The number of hydrogen-bond acceptors (Lipinski definition) is 6. The maximum atomic E-state index is 14.4.